The topological polar surface area (TPSA) is 204 Å². The van der Waals surface area contributed by atoms with Gasteiger partial charge in [-0.05, 0) is 77.0 Å². The number of thioether (sulfide) groups is 2. The zero-order valence-corrected chi connectivity index (χ0v) is 54.5. The van der Waals surface area contributed by atoms with E-state index in [0.29, 0.717) is 24.6 Å². The highest BCUT2D eigenvalue weighted by molar-refractivity contribution is 8.13. The number of hydrogen-bond donors (Lipinski definition) is 2. The number of carbonyl (C=O) groups is 8. The summed E-state index contributed by atoms with van der Waals surface area (Å²) in [5.41, 5.74) is 0. The van der Waals surface area contributed by atoms with Gasteiger partial charge in [-0.1, -0.05) is 200 Å². The molecule has 0 aromatic carbocycles. The molecule has 0 saturated carbocycles. The predicted molar refractivity (Wildman–Crippen MR) is 351 cm³/mol. The molecule has 1 rings (SSSR count). The molecule has 16 nitrogen and oxygen atoms in total. The molecular weight excluding hydrogens is 1130 g/mol. The number of hydrogen-bond acceptors (Lipinski definition) is 16. The maximum atomic E-state index is 13.2. The van der Waals surface area contributed by atoms with Gasteiger partial charge in [-0.25, -0.2) is 0 Å². The largest absolute Gasteiger partial charge is 0.461 e. The molecule has 0 aliphatic carbocycles. The molecule has 484 valence electrons. The number of allylic oxidation sites excluding steroid dienone is 12. The van der Waals surface area contributed by atoms with Crippen molar-refractivity contribution in [3.63, 3.8) is 0 Å². The Kier molecular flexibility index (Phi) is 52.6. The lowest BCUT2D eigenvalue weighted by Crippen LogP contribution is -2.62. The fourth-order valence-corrected chi connectivity index (χ4v) is 10.1. The number of rotatable bonds is 54. The minimum Gasteiger partial charge on any atom is -0.461 e. The number of ether oxygens (including phenoxy) is 4. The molecule has 86 heavy (non-hydrogen) atoms. The monoisotopic (exact) mass is 1240 g/mol. The molecule has 2 atom stereocenters. The van der Waals surface area contributed by atoms with Crippen molar-refractivity contribution in [3.05, 3.63) is 97.2 Å². The van der Waals surface area contributed by atoms with Crippen LogP contribution in [0.3, 0.4) is 0 Å². The van der Waals surface area contributed by atoms with E-state index in [9.17, 15) is 38.4 Å². The Labute approximate surface area is 525 Å². The number of nitrogens with one attached hydrogen (secondary N) is 2. The van der Waals surface area contributed by atoms with E-state index in [1.54, 1.807) is 0 Å². The number of amides is 2. The third-order valence-electron chi connectivity index (χ3n) is 13.6. The molecular formula is C68H108N4O12S2. The van der Waals surface area contributed by atoms with Gasteiger partial charge in [0, 0.05) is 63.6 Å². The lowest BCUT2D eigenvalue weighted by atomic mass is 10.1. The second-order valence-electron chi connectivity index (χ2n) is 21.1. The van der Waals surface area contributed by atoms with Crippen molar-refractivity contribution in [3.8, 4) is 0 Å². The molecule has 2 N–H and O–H groups in total. The molecule has 0 aromatic heterocycles. The van der Waals surface area contributed by atoms with Crippen LogP contribution >= 0.6 is 23.5 Å². The summed E-state index contributed by atoms with van der Waals surface area (Å²) in [5, 5.41) is 4.54. The summed E-state index contributed by atoms with van der Waals surface area (Å²) in [7, 11) is 0. The van der Waals surface area contributed by atoms with E-state index in [-0.39, 0.29) is 125 Å². The first-order valence-corrected chi connectivity index (χ1v) is 34.1. The highest BCUT2D eigenvalue weighted by Crippen LogP contribution is 2.16. The SMILES string of the molecule is CCCCC/C=C\C/C=C\COC(=O)CCN(CCSC(=O)CC1NC(=O)C(CC(=O)SCCN(CCC(=O)OC/C=C\C/C=C\CCCCC)CCC(=O)OC/C=C\C/C=C\CCCCC)NC1=O)CCC(=O)OC/C=C\C/C=C\CCCCC. The Balaban J connectivity index is 2.74. The van der Waals surface area contributed by atoms with Crippen LogP contribution in [0.25, 0.3) is 0 Å². The Morgan fingerprint density at radius 3 is 0.884 bits per heavy atom. The summed E-state index contributed by atoms with van der Waals surface area (Å²) < 4.78 is 21.6. The van der Waals surface area contributed by atoms with Crippen LogP contribution in [-0.4, -0.2) is 145 Å². The Morgan fingerprint density at radius 1 is 0.372 bits per heavy atom. The molecule has 0 bridgehead atoms. The van der Waals surface area contributed by atoms with E-state index in [4.69, 9.17) is 18.9 Å². The van der Waals surface area contributed by atoms with Crippen LogP contribution in [0.1, 0.15) is 195 Å². The molecule has 0 aromatic rings. The van der Waals surface area contributed by atoms with Gasteiger partial charge in [-0.3, -0.25) is 38.4 Å². The normalized spacial score (nSPS) is 14.9. The Morgan fingerprint density at radius 2 is 0.628 bits per heavy atom. The maximum absolute atomic E-state index is 13.2. The minimum absolute atomic E-state index is 0.0749. The molecule has 0 spiro atoms. The zero-order chi connectivity index (χ0) is 62.8. The van der Waals surface area contributed by atoms with E-state index >= 15 is 0 Å². The van der Waals surface area contributed by atoms with Gasteiger partial charge in [0.05, 0.1) is 25.7 Å². The van der Waals surface area contributed by atoms with Crippen LogP contribution in [0, 0.1) is 0 Å². The van der Waals surface area contributed by atoms with Gasteiger partial charge < -0.3 is 39.4 Å². The minimum atomic E-state index is -1.13. The lowest BCUT2D eigenvalue weighted by Gasteiger charge is -2.29. The summed E-state index contributed by atoms with van der Waals surface area (Å²) in [4.78, 5) is 107. The third kappa shape index (κ3) is 48.8. The number of unbranched alkanes of at least 4 members (excludes halogenated alkanes) is 12. The molecule has 1 heterocycles. The first kappa shape index (κ1) is 78.7. The van der Waals surface area contributed by atoms with Gasteiger partial charge >= 0.3 is 23.9 Å². The summed E-state index contributed by atoms with van der Waals surface area (Å²) >= 11 is 1.96. The first-order chi connectivity index (χ1) is 41.9. The van der Waals surface area contributed by atoms with E-state index < -0.39 is 23.9 Å². The van der Waals surface area contributed by atoms with Crippen molar-refractivity contribution in [1.29, 1.82) is 0 Å². The Bertz CT molecular complexity index is 1870. The number of carbonyl (C=O) groups excluding carboxylic acids is 8. The lowest BCUT2D eigenvalue weighted by molar-refractivity contribution is -0.144. The van der Waals surface area contributed by atoms with Crippen LogP contribution in [-0.2, 0) is 57.3 Å². The highest BCUT2D eigenvalue weighted by Gasteiger charge is 2.36. The van der Waals surface area contributed by atoms with Gasteiger partial charge in [0.2, 0.25) is 11.8 Å². The van der Waals surface area contributed by atoms with E-state index in [1.165, 1.54) is 77.0 Å². The van der Waals surface area contributed by atoms with Crippen molar-refractivity contribution in [2.45, 2.75) is 207 Å². The van der Waals surface area contributed by atoms with Gasteiger partial charge in [0.15, 0.2) is 10.2 Å². The molecule has 2 unspecified atom stereocenters. The van der Waals surface area contributed by atoms with Gasteiger partial charge in [0.1, 0.15) is 38.5 Å². The fraction of sp³-hybridized carbons (Fsp3) is 0.647. The summed E-state index contributed by atoms with van der Waals surface area (Å²) in [6.07, 6.45) is 53.5. The second kappa shape index (κ2) is 57.4. The van der Waals surface area contributed by atoms with Crippen LogP contribution in [0.2, 0.25) is 0 Å². The van der Waals surface area contributed by atoms with Crippen LogP contribution < -0.4 is 10.6 Å². The number of piperazine rings is 1. The quantitative estimate of drug-likeness (QED) is 0.0252. The maximum Gasteiger partial charge on any atom is 0.307 e. The van der Waals surface area contributed by atoms with Crippen molar-refractivity contribution in [2.75, 3.05) is 77.2 Å². The third-order valence-corrected chi connectivity index (χ3v) is 15.3. The van der Waals surface area contributed by atoms with Crippen LogP contribution in [0.4, 0.5) is 0 Å². The van der Waals surface area contributed by atoms with Crippen molar-refractivity contribution in [2.24, 2.45) is 0 Å². The molecule has 2 amide bonds. The van der Waals surface area contributed by atoms with E-state index in [2.05, 4.69) is 86.9 Å². The molecule has 1 aliphatic heterocycles. The smallest absolute Gasteiger partial charge is 0.307 e. The van der Waals surface area contributed by atoms with E-state index in [0.717, 1.165) is 74.9 Å². The van der Waals surface area contributed by atoms with Gasteiger partial charge in [-0.15, -0.1) is 0 Å². The van der Waals surface area contributed by atoms with Crippen molar-refractivity contribution >= 4 is 69.4 Å². The highest BCUT2D eigenvalue weighted by atomic mass is 32.2. The average Bonchev–Trinajstić information content (AvgIpc) is 3.68. The number of esters is 4. The first-order valence-electron chi connectivity index (χ1n) is 32.1. The number of nitrogens with zero attached hydrogens (tertiary/aromatic N) is 2. The summed E-state index contributed by atoms with van der Waals surface area (Å²) in [5.74, 6) is -2.14. The molecule has 1 aliphatic rings. The second-order valence-corrected chi connectivity index (χ2v) is 23.4. The average molecular weight is 1240 g/mol. The van der Waals surface area contributed by atoms with Gasteiger partial charge in [0.25, 0.3) is 0 Å². The molecule has 1 saturated heterocycles. The predicted octanol–water partition coefficient (Wildman–Crippen LogP) is 12.9. The molecule has 1 fully saturated rings. The summed E-state index contributed by atoms with van der Waals surface area (Å²) in [6.45, 7) is 11.2. The zero-order valence-electron chi connectivity index (χ0n) is 52.9. The van der Waals surface area contributed by atoms with Crippen LogP contribution in [0.15, 0.2) is 97.2 Å². The Hall–Kier alpha value is -5.30. The van der Waals surface area contributed by atoms with Gasteiger partial charge in [-0.2, -0.15) is 0 Å². The van der Waals surface area contributed by atoms with Crippen molar-refractivity contribution in [1.82, 2.24) is 20.4 Å². The van der Waals surface area contributed by atoms with E-state index in [1.807, 2.05) is 58.4 Å². The van der Waals surface area contributed by atoms with Crippen LogP contribution in [0.5, 0.6) is 0 Å². The molecule has 0 radical (unpaired) electrons. The molecule has 18 heteroatoms. The van der Waals surface area contributed by atoms with Crippen molar-refractivity contribution < 1.29 is 57.3 Å². The standard InChI is InChI=1S/C68H108N4O12S2/c1-5-9-13-17-21-25-29-33-37-51-81-61(73)41-45-71(46-42-62(74)82-52-38-34-30-26-22-18-14-10-6-2)49-55-85-65(77)57-59-67(79)70-60(68(80)69-59)58-66(78)86-56-50-72(47-43-63(75)83-53-39-35-31-27-23-19-15-11-7-3)48-44-64(76)84-54-40-36-32-28-24-20-16-12-8-4/h21-28,33-40,59-60H,5-20,29-32,41-58H2,1-4H3,(H,69,80)(H,70,79)/b25-21-,26-22-,27-23-,28-24-,37-33-,38-34-,39-35-,40-36-. The summed E-state index contributed by atoms with van der Waals surface area (Å²) in [6, 6.07) is -2.25. The fourth-order valence-electron chi connectivity index (χ4n) is 8.39.